The van der Waals surface area contributed by atoms with E-state index >= 15 is 0 Å². The molecule has 46 heavy (non-hydrogen) atoms. The predicted molar refractivity (Wildman–Crippen MR) is 170 cm³/mol. The number of aromatic amines is 1. The molecule has 4 aliphatic carbocycles. The Morgan fingerprint density at radius 3 is 2.59 bits per heavy atom. The molecule has 3 N–H and O–H groups in total. The van der Waals surface area contributed by atoms with Gasteiger partial charge in [-0.1, -0.05) is 31.7 Å². The Balaban J connectivity index is 1.21. The van der Waals surface area contributed by atoms with Crippen LogP contribution >= 0.6 is 0 Å². The van der Waals surface area contributed by atoms with Crippen LogP contribution < -0.4 is 0 Å². The van der Waals surface area contributed by atoms with Crippen molar-refractivity contribution < 1.29 is 33.9 Å². The van der Waals surface area contributed by atoms with Crippen molar-refractivity contribution in [3.8, 4) is 0 Å². The number of epoxide rings is 1. The van der Waals surface area contributed by atoms with Crippen LogP contribution in [0, 0.1) is 23.2 Å². The van der Waals surface area contributed by atoms with E-state index in [4.69, 9.17) is 23.7 Å². The highest BCUT2D eigenvalue weighted by Crippen LogP contribution is 2.75. The lowest BCUT2D eigenvalue weighted by Crippen LogP contribution is -2.74. The van der Waals surface area contributed by atoms with E-state index in [1.54, 1.807) is 7.11 Å². The molecule has 3 saturated carbocycles. The summed E-state index contributed by atoms with van der Waals surface area (Å²) in [6, 6.07) is 4.35. The van der Waals surface area contributed by atoms with Crippen LogP contribution in [0.1, 0.15) is 95.4 Å². The van der Waals surface area contributed by atoms with E-state index in [0.29, 0.717) is 6.42 Å². The minimum absolute atomic E-state index is 0.00870. The molecule has 1 aromatic heterocycles. The van der Waals surface area contributed by atoms with Crippen LogP contribution in [0.4, 0.5) is 0 Å². The van der Waals surface area contributed by atoms with Crippen molar-refractivity contribution in [2.75, 3.05) is 7.11 Å². The summed E-state index contributed by atoms with van der Waals surface area (Å²) in [5.74, 6) is -0.958. The second kappa shape index (κ2) is 8.21. The second-order valence-corrected chi connectivity index (χ2v) is 17.0. The Morgan fingerprint density at radius 1 is 1.07 bits per heavy atom. The zero-order valence-electron chi connectivity index (χ0n) is 27.9. The molecule has 13 atom stereocenters. The summed E-state index contributed by atoms with van der Waals surface area (Å²) in [5, 5.41) is 25.3. The van der Waals surface area contributed by atoms with Crippen LogP contribution in [0.3, 0.4) is 0 Å². The number of ether oxygens (including phenoxy) is 5. The average Bonchev–Trinajstić information content (AvgIpc) is 3.61. The van der Waals surface area contributed by atoms with Gasteiger partial charge in [0, 0.05) is 47.5 Å². The topological polar surface area (TPSA) is 106 Å². The highest BCUT2D eigenvalue weighted by Gasteiger charge is 2.82. The number of benzene rings is 1. The fourth-order valence-electron chi connectivity index (χ4n) is 12.7. The molecule has 1 spiro atoms. The zero-order valence-corrected chi connectivity index (χ0v) is 27.9. The summed E-state index contributed by atoms with van der Waals surface area (Å²) in [6.07, 6.45) is 2.55. The molecule has 0 unspecified atom stereocenters. The maximum atomic E-state index is 12.8. The van der Waals surface area contributed by atoms with Gasteiger partial charge in [-0.25, -0.2) is 0 Å². The van der Waals surface area contributed by atoms with Crippen molar-refractivity contribution >= 4 is 10.9 Å². The maximum absolute atomic E-state index is 12.8. The molecule has 2 aromatic rings. The summed E-state index contributed by atoms with van der Waals surface area (Å²) >= 11 is 0. The number of fused-ring (bicyclic) bond motifs is 4. The molecular formula is C38H47NO7. The van der Waals surface area contributed by atoms with Crippen LogP contribution in [-0.4, -0.2) is 63.7 Å². The Bertz CT molecular complexity index is 1780. The summed E-state index contributed by atoms with van der Waals surface area (Å²) in [7, 11) is 1.78. The zero-order chi connectivity index (χ0) is 32.1. The van der Waals surface area contributed by atoms with Crippen molar-refractivity contribution in [1.82, 2.24) is 4.98 Å². The summed E-state index contributed by atoms with van der Waals surface area (Å²) in [4.78, 5) is 3.94. The Kier molecular flexibility index (Phi) is 5.17. The van der Waals surface area contributed by atoms with Gasteiger partial charge in [0.2, 0.25) is 0 Å². The molecular weight excluding hydrogens is 582 g/mol. The molecule has 0 bridgehead atoms. The molecule has 10 rings (SSSR count). The number of rotatable bonds is 2. The van der Waals surface area contributed by atoms with E-state index in [1.807, 2.05) is 6.92 Å². The highest BCUT2D eigenvalue weighted by atomic mass is 16.8. The summed E-state index contributed by atoms with van der Waals surface area (Å²) in [5.41, 5.74) is 3.93. The van der Waals surface area contributed by atoms with Gasteiger partial charge in [0.1, 0.15) is 29.5 Å². The van der Waals surface area contributed by atoms with Crippen molar-refractivity contribution in [3.63, 3.8) is 0 Å². The second-order valence-electron chi connectivity index (χ2n) is 17.0. The number of aliphatic hydroxyl groups excluding tert-OH is 1. The van der Waals surface area contributed by atoms with Gasteiger partial charge in [0.05, 0.1) is 17.1 Å². The first-order valence-electron chi connectivity index (χ1n) is 17.4. The van der Waals surface area contributed by atoms with Gasteiger partial charge in [-0.15, -0.1) is 0 Å². The largest absolute Gasteiger partial charge is 0.387 e. The fraction of sp³-hybridized carbons (Fsp3) is 0.684. The van der Waals surface area contributed by atoms with Gasteiger partial charge in [0.15, 0.2) is 12.1 Å². The van der Waals surface area contributed by atoms with E-state index < -0.39 is 46.5 Å². The number of methoxy groups -OCH3 is 1. The average molecular weight is 630 g/mol. The van der Waals surface area contributed by atoms with Crippen molar-refractivity contribution in [1.29, 1.82) is 0 Å². The molecule has 4 aliphatic heterocycles. The van der Waals surface area contributed by atoms with Crippen LogP contribution in [0.2, 0.25) is 0 Å². The standard InChI is InChI=1S/C38H47NO7/c1-17(2)29-28(40)31-38(44-31)22-11-14-36(42-8)35(7,34(22,6)13-12-24(38)43-29)30-26-25-21(39-30)10-9-19-15-18(3)20-16-23(37(20,41)27(19)25)33(4,5)45-32(26)46-36/h9-10,20,22-24,28-29,31-32,39-41H,1,3,11-16H2,2,4-8H3/t20-,22+,23-,24+,28+,29-,31-,32+,34+,35-,36+,37-,38+/m1/s1. The van der Waals surface area contributed by atoms with E-state index in [9.17, 15) is 10.2 Å². The first-order valence-corrected chi connectivity index (χ1v) is 17.4. The number of aromatic nitrogens is 1. The monoisotopic (exact) mass is 629 g/mol. The molecule has 1 aromatic carbocycles. The van der Waals surface area contributed by atoms with Crippen LogP contribution in [0.25, 0.3) is 10.9 Å². The lowest BCUT2D eigenvalue weighted by atomic mass is 9.41. The molecule has 2 saturated heterocycles. The van der Waals surface area contributed by atoms with Crippen molar-refractivity contribution in [2.24, 2.45) is 23.2 Å². The van der Waals surface area contributed by atoms with Crippen molar-refractivity contribution in [3.05, 3.63) is 58.8 Å². The molecule has 0 amide bonds. The van der Waals surface area contributed by atoms with Crippen LogP contribution in [-0.2, 0) is 41.1 Å². The number of nitrogens with one attached hydrogen (secondary N) is 1. The minimum atomic E-state index is -1.05. The molecule has 5 heterocycles. The first-order chi connectivity index (χ1) is 21.7. The third kappa shape index (κ3) is 2.79. The molecule has 8 nitrogen and oxygen atoms in total. The van der Waals surface area contributed by atoms with Gasteiger partial charge in [0.25, 0.3) is 0 Å². The Labute approximate surface area is 270 Å². The van der Waals surface area contributed by atoms with E-state index in [0.717, 1.165) is 76.5 Å². The fourth-order valence-corrected chi connectivity index (χ4v) is 12.7. The van der Waals surface area contributed by atoms with Gasteiger partial charge < -0.3 is 38.9 Å². The number of hydrogen-bond acceptors (Lipinski definition) is 7. The number of hydrogen-bond donors (Lipinski definition) is 3. The first kappa shape index (κ1) is 28.9. The number of H-pyrrole nitrogens is 1. The van der Waals surface area contributed by atoms with E-state index in [-0.39, 0.29) is 35.4 Å². The smallest absolute Gasteiger partial charge is 0.190 e. The minimum Gasteiger partial charge on any atom is -0.387 e. The lowest BCUT2D eigenvalue weighted by molar-refractivity contribution is -0.399. The summed E-state index contributed by atoms with van der Waals surface area (Å²) < 4.78 is 34.3. The van der Waals surface area contributed by atoms with Gasteiger partial charge in [-0.2, -0.15) is 0 Å². The molecule has 5 fully saturated rings. The van der Waals surface area contributed by atoms with Crippen LogP contribution in [0.15, 0.2) is 36.4 Å². The normalized spacial score (nSPS) is 51.9. The van der Waals surface area contributed by atoms with Gasteiger partial charge >= 0.3 is 0 Å². The Morgan fingerprint density at radius 2 is 1.85 bits per heavy atom. The SMILES string of the molecule is C=C(C)[C@H]1O[C@H]2CC[C@@]3(C)[C@H](CC[C@]4(OC)O[C@@H]5OC(C)(C)[C@H]6C[C@@H]7C(=C)Cc8ccc9[nH]c(c5c9c8[C@@]76O)[C@@]43C)[C@]23O[C@@H]3[C@H]1O. The van der Waals surface area contributed by atoms with E-state index in [2.05, 4.69) is 58.0 Å². The lowest BCUT2D eigenvalue weighted by Gasteiger charge is -2.68. The maximum Gasteiger partial charge on any atom is 0.190 e. The third-order valence-corrected chi connectivity index (χ3v) is 15.1. The molecule has 0 radical (unpaired) electrons. The third-order valence-electron chi connectivity index (χ3n) is 15.1. The molecule has 8 aliphatic rings. The number of aliphatic hydroxyl groups is 2. The molecule has 246 valence electrons. The summed E-state index contributed by atoms with van der Waals surface area (Å²) in [6.45, 7) is 19.4. The molecule has 8 heteroatoms. The predicted octanol–water partition coefficient (Wildman–Crippen LogP) is 5.59. The van der Waals surface area contributed by atoms with Crippen molar-refractivity contribution in [2.45, 2.75) is 132 Å². The quantitative estimate of drug-likeness (QED) is 0.294. The Hall–Kier alpha value is -2.04. The highest BCUT2D eigenvalue weighted by molar-refractivity contribution is 5.92. The van der Waals surface area contributed by atoms with Crippen LogP contribution in [0.5, 0.6) is 0 Å². The van der Waals surface area contributed by atoms with Gasteiger partial charge in [-0.3, -0.25) is 0 Å². The van der Waals surface area contributed by atoms with Gasteiger partial charge in [-0.05, 0) is 93.9 Å². The van der Waals surface area contributed by atoms with E-state index in [1.165, 1.54) is 0 Å².